The van der Waals surface area contributed by atoms with Gasteiger partial charge in [0, 0.05) is 18.3 Å². The minimum atomic E-state index is -1.48. The van der Waals surface area contributed by atoms with Crippen LogP contribution in [0.4, 0.5) is 0 Å². The van der Waals surface area contributed by atoms with E-state index in [2.05, 4.69) is 25.9 Å². The number of carboxylic acid groups (broad SMARTS) is 2. The van der Waals surface area contributed by atoms with Gasteiger partial charge in [-0.25, -0.2) is 9.78 Å². The molecule has 0 saturated carbocycles. The van der Waals surface area contributed by atoms with E-state index in [0.29, 0.717) is 31.5 Å². The molecule has 0 aliphatic carbocycles. The molecule has 0 aliphatic rings. The molecular formula is C19H31N7O7. The van der Waals surface area contributed by atoms with E-state index in [-0.39, 0.29) is 6.42 Å². The van der Waals surface area contributed by atoms with Crippen LogP contribution in [0.5, 0.6) is 0 Å². The van der Waals surface area contributed by atoms with Gasteiger partial charge in [-0.15, -0.1) is 0 Å². The third kappa shape index (κ3) is 10.1. The van der Waals surface area contributed by atoms with Gasteiger partial charge in [0.2, 0.25) is 17.7 Å². The summed E-state index contributed by atoms with van der Waals surface area (Å²) in [5.41, 5.74) is 11.6. The first-order valence-corrected chi connectivity index (χ1v) is 10.3. The van der Waals surface area contributed by atoms with Crippen molar-refractivity contribution in [3.05, 3.63) is 18.2 Å². The molecule has 0 spiro atoms. The lowest BCUT2D eigenvalue weighted by Gasteiger charge is -2.22. The summed E-state index contributed by atoms with van der Waals surface area (Å²) in [5.74, 6) is -5.10. The molecule has 0 saturated heterocycles. The molecule has 0 bridgehead atoms. The van der Waals surface area contributed by atoms with Crippen LogP contribution in [0.25, 0.3) is 0 Å². The number of hydrogen-bond donors (Lipinski definition) is 8. The first-order valence-electron chi connectivity index (χ1n) is 10.3. The van der Waals surface area contributed by atoms with Gasteiger partial charge in [-0.2, -0.15) is 0 Å². The molecule has 1 rings (SSSR count). The minimum Gasteiger partial charge on any atom is -0.481 e. The Morgan fingerprint density at radius 2 is 1.70 bits per heavy atom. The van der Waals surface area contributed by atoms with Crippen LogP contribution >= 0.6 is 0 Å². The van der Waals surface area contributed by atoms with Crippen LogP contribution in [0.15, 0.2) is 12.5 Å². The average molecular weight is 469 g/mol. The molecule has 1 heterocycles. The summed E-state index contributed by atoms with van der Waals surface area (Å²) < 4.78 is 0. The highest BCUT2D eigenvalue weighted by Gasteiger charge is 2.29. The number of carboxylic acids is 2. The Kier molecular flexibility index (Phi) is 11.5. The SMILES string of the molecule is CC(NC(=O)C(CC(=O)O)NC(=O)C(N)CCCCN)C(=O)NC(Cc1cnc[nH]1)C(=O)O. The summed E-state index contributed by atoms with van der Waals surface area (Å²) in [5, 5.41) is 25.3. The van der Waals surface area contributed by atoms with Crippen molar-refractivity contribution in [3.8, 4) is 0 Å². The topological polar surface area (TPSA) is 243 Å². The number of nitrogens with one attached hydrogen (secondary N) is 4. The molecule has 14 nitrogen and oxygen atoms in total. The van der Waals surface area contributed by atoms with Crippen LogP contribution in [-0.4, -0.2) is 80.6 Å². The maximum absolute atomic E-state index is 12.5. The predicted octanol–water partition coefficient (Wildman–Crippen LogP) is -2.56. The Morgan fingerprint density at radius 1 is 1.03 bits per heavy atom. The molecule has 0 fully saturated rings. The summed E-state index contributed by atoms with van der Waals surface area (Å²) in [6, 6.07) is -4.95. The van der Waals surface area contributed by atoms with E-state index in [1.807, 2.05) is 0 Å². The standard InChI is InChI=1S/C19H31N7O7/c1-10(16(29)26-14(19(32)33)6-11-8-22-9-23-11)24-18(31)13(7-15(27)28)25-17(30)12(21)4-2-3-5-20/h8-10,12-14H,2-7,20-21H2,1H3,(H,22,23)(H,24,31)(H,25,30)(H,26,29)(H,27,28)(H,32,33). The van der Waals surface area contributed by atoms with E-state index in [4.69, 9.17) is 16.6 Å². The van der Waals surface area contributed by atoms with Crippen molar-refractivity contribution in [2.24, 2.45) is 11.5 Å². The molecular weight excluding hydrogens is 438 g/mol. The van der Waals surface area contributed by atoms with E-state index < -0.39 is 60.2 Å². The van der Waals surface area contributed by atoms with Crippen molar-refractivity contribution in [2.75, 3.05) is 6.54 Å². The molecule has 4 unspecified atom stereocenters. The molecule has 10 N–H and O–H groups in total. The van der Waals surface area contributed by atoms with Crippen LogP contribution in [0, 0.1) is 0 Å². The van der Waals surface area contributed by atoms with Crippen molar-refractivity contribution in [1.82, 2.24) is 25.9 Å². The summed E-state index contributed by atoms with van der Waals surface area (Å²) in [7, 11) is 0. The Morgan fingerprint density at radius 3 is 2.24 bits per heavy atom. The third-order valence-electron chi connectivity index (χ3n) is 4.66. The summed E-state index contributed by atoms with van der Waals surface area (Å²) >= 11 is 0. The van der Waals surface area contributed by atoms with E-state index in [1.165, 1.54) is 19.4 Å². The molecule has 0 aromatic carbocycles. The second kappa shape index (κ2) is 13.8. The number of aromatic amines is 1. The monoisotopic (exact) mass is 469 g/mol. The molecule has 33 heavy (non-hydrogen) atoms. The molecule has 3 amide bonds. The number of aliphatic carboxylic acids is 2. The number of nitrogens with two attached hydrogens (primary N) is 2. The Bertz CT molecular complexity index is 815. The van der Waals surface area contributed by atoms with Crippen molar-refractivity contribution < 1.29 is 34.2 Å². The number of H-pyrrole nitrogens is 1. The minimum absolute atomic E-state index is 0.0680. The number of rotatable bonds is 15. The zero-order valence-electron chi connectivity index (χ0n) is 18.2. The lowest BCUT2D eigenvalue weighted by Crippen LogP contribution is -2.56. The lowest BCUT2D eigenvalue weighted by molar-refractivity contribution is -0.143. The Hall–Kier alpha value is -3.52. The highest BCUT2D eigenvalue weighted by atomic mass is 16.4. The van der Waals surface area contributed by atoms with Gasteiger partial charge in [0.1, 0.15) is 18.1 Å². The van der Waals surface area contributed by atoms with Crippen LogP contribution in [-0.2, 0) is 30.4 Å². The van der Waals surface area contributed by atoms with Gasteiger partial charge in [0.15, 0.2) is 0 Å². The van der Waals surface area contributed by atoms with Gasteiger partial charge >= 0.3 is 11.9 Å². The summed E-state index contributed by atoms with van der Waals surface area (Å²) in [4.78, 5) is 66.2. The van der Waals surface area contributed by atoms with Gasteiger partial charge < -0.3 is 42.6 Å². The van der Waals surface area contributed by atoms with E-state index in [1.54, 1.807) is 0 Å². The van der Waals surface area contributed by atoms with Gasteiger partial charge in [0.25, 0.3) is 0 Å². The van der Waals surface area contributed by atoms with Gasteiger partial charge in [-0.3, -0.25) is 19.2 Å². The predicted molar refractivity (Wildman–Crippen MR) is 115 cm³/mol. The first-order chi connectivity index (χ1) is 15.5. The van der Waals surface area contributed by atoms with E-state index >= 15 is 0 Å². The van der Waals surface area contributed by atoms with Crippen LogP contribution in [0.2, 0.25) is 0 Å². The second-order valence-corrected chi connectivity index (χ2v) is 7.46. The first kappa shape index (κ1) is 27.5. The second-order valence-electron chi connectivity index (χ2n) is 7.46. The van der Waals surface area contributed by atoms with E-state index in [9.17, 15) is 29.1 Å². The molecule has 1 aromatic heterocycles. The lowest BCUT2D eigenvalue weighted by atomic mass is 10.1. The number of unbranched alkanes of at least 4 members (excludes halogenated alkanes) is 1. The van der Waals surface area contributed by atoms with Crippen LogP contribution in [0.3, 0.4) is 0 Å². The largest absolute Gasteiger partial charge is 0.481 e. The van der Waals surface area contributed by atoms with E-state index in [0.717, 1.165) is 0 Å². The Labute approximate surface area is 189 Å². The smallest absolute Gasteiger partial charge is 0.326 e. The normalized spacial score (nSPS) is 14.4. The molecule has 184 valence electrons. The molecule has 4 atom stereocenters. The van der Waals surface area contributed by atoms with Crippen LogP contribution in [0.1, 0.15) is 38.3 Å². The van der Waals surface area contributed by atoms with Crippen molar-refractivity contribution >= 4 is 29.7 Å². The van der Waals surface area contributed by atoms with Gasteiger partial charge in [0.05, 0.1) is 18.8 Å². The number of carbonyl (C=O) groups is 5. The number of nitrogens with zero attached hydrogens (tertiary/aromatic N) is 1. The zero-order valence-corrected chi connectivity index (χ0v) is 18.2. The van der Waals surface area contributed by atoms with Crippen LogP contribution < -0.4 is 27.4 Å². The highest BCUT2D eigenvalue weighted by Crippen LogP contribution is 2.02. The maximum Gasteiger partial charge on any atom is 0.326 e. The van der Waals surface area contributed by atoms with Crippen molar-refractivity contribution in [1.29, 1.82) is 0 Å². The third-order valence-corrected chi connectivity index (χ3v) is 4.66. The number of amides is 3. The number of imidazole rings is 1. The molecule has 0 radical (unpaired) electrons. The van der Waals surface area contributed by atoms with Gasteiger partial charge in [-0.1, -0.05) is 6.42 Å². The number of carbonyl (C=O) groups excluding carboxylic acids is 3. The van der Waals surface area contributed by atoms with Crippen molar-refractivity contribution in [3.63, 3.8) is 0 Å². The molecule has 1 aromatic rings. The quantitative estimate of drug-likeness (QED) is 0.125. The molecule has 0 aliphatic heterocycles. The highest BCUT2D eigenvalue weighted by molar-refractivity contribution is 5.95. The number of aromatic nitrogens is 2. The summed E-state index contributed by atoms with van der Waals surface area (Å²) in [6.45, 7) is 1.73. The fourth-order valence-corrected chi connectivity index (χ4v) is 2.79. The fraction of sp³-hybridized carbons (Fsp3) is 0.579. The fourth-order valence-electron chi connectivity index (χ4n) is 2.79. The molecule has 14 heteroatoms. The van der Waals surface area contributed by atoms with Crippen molar-refractivity contribution in [2.45, 2.75) is 63.2 Å². The summed E-state index contributed by atoms with van der Waals surface area (Å²) in [6.07, 6.45) is 3.51. The number of hydrogen-bond acceptors (Lipinski definition) is 8. The Balaban J connectivity index is 2.72. The average Bonchev–Trinajstić information content (AvgIpc) is 3.25. The maximum atomic E-state index is 12.5. The van der Waals surface area contributed by atoms with Gasteiger partial charge in [-0.05, 0) is 26.3 Å². The zero-order chi connectivity index (χ0) is 25.0.